The second-order valence-electron chi connectivity index (χ2n) is 9.46. The number of anilines is 1. The van der Waals surface area contributed by atoms with Gasteiger partial charge in [0.2, 0.25) is 0 Å². The number of piperidine rings is 1. The quantitative estimate of drug-likeness (QED) is 0.569. The van der Waals surface area contributed by atoms with Gasteiger partial charge in [-0.3, -0.25) is 14.8 Å². The van der Waals surface area contributed by atoms with Crippen LogP contribution in [-0.2, 0) is 6.18 Å². The maximum Gasteiger partial charge on any atom is 0.434 e. The Hall–Kier alpha value is -3.56. The van der Waals surface area contributed by atoms with E-state index >= 15 is 0 Å². The van der Waals surface area contributed by atoms with E-state index in [0.717, 1.165) is 42.8 Å². The van der Waals surface area contributed by atoms with Crippen LogP contribution in [0.4, 0.5) is 19.0 Å². The minimum atomic E-state index is -4.54. The summed E-state index contributed by atoms with van der Waals surface area (Å²) in [6, 6.07) is 5.64. The third-order valence-electron chi connectivity index (χ3n) is 6.97. The highest BCUT2D eigenvalue weighted by molar-refractivity contribution is 6.00. The van der Waals surface area contributed by atoms with Crippen molar-refractivity contribution < 1.29 is 18.0 Å². The van der Waals surface area contributed by atoms with Crippen molar-refractivity contribution in [2.75, 3.05) is 18.4 Å². The van der Waals surface area contributed by atoms with E-state index in [1.54, 1.807) is 12.4 Å². The van der Waals surface area contributed by atoms with Crippen LogP contribution in [0.25, 0.3) is 11.4 Å². The number of pyridine rings is 2. The molecule has 2 fully saturated rings. The summed E-state index contributed by atoms with van der Waals surface area (Å²) in [6.45, 7) is 4.85. The number of amides is 1. The number of hydrogen-bond donors (Lipinski definition) is 1. The van der Waals surface area contributed by atoms with Crippen LogP contribution in [0.5, 0.6) is 0 Å². The van der Waals surface area contributed by atoms with Crippen LogP contribution in [0.1, 0.15) is 46.4 Å². The van der Waals surface area contributed by atoms with Gasteiger partial charge in [-0.25, -0.2) is 9.97 Å². The molecule has 1 aliphatic heterocycles. The summed E-state index contributed by atoms with van der Waals surface area (Å²) >= 11 is 0. The number of nitrogens with one attached hydrogen (secondary N) is 1. The molecule has 0 radical (unpaired) electrons. The first kappa shape index (κ1) is 23.2. The van der Waals surface area contributed by atoms with Crippen LogP contribution < -0.4 is 5.32 Å². The van der Waals surface area contributed by atoms with Gasteiger partial charge in [-0.2, -0.15) is 13.2 Å². The Morgan fingerprint density at radius 2 is 1.97 bits per heavy atom. The number of likely N-dealkylation sites (tertiary alicyclic amines) is 1. The van der Waals surface area contributed by atoms with Gasteiger partial charge in [0.15, 0.2) is 5.69 Å². The fourth-order valence-electron chi connectivity index (χ4n) is 5.24. The maximum atomic E-state index is 13.9. The molecule has 182 valence electrons. The molecule has 2 bridgehead atoms. The minimum Gasteiger partial charge on any atom is -0.366 e. The number of halogens is 3. The van der Waals surface area contributed by atoms with E-state index in [9.17, 15) is 18.0 Å². The Kier molecular flexibility index (Phi) is 5.69. The number of fused-ring (bicyclic) bond motifs is 2. The van der Waals surface area contributed by atoms with Crippen molar-refractivity contribution in [2.45, 2.75) is 44.8 Å². The van der Waals surface area contributed by atoms with Gasteiger partial charge in [0.1, 0.15) is 11.5 Å². The Morgan fingerprint density at radius 3 is 2.66 bits per heavy atom. The lowest BCUT2D eigenvalue weighted by Gasteiger charge is -2.39. The van der Waals surface area contributed by atoms with E-state index < -0.39 is 17.4 Å². The molecule has 35 heavy (non-hydrogen) atoms. The summed E-state index contributed by atoms with van der Waals surface area (Å²) in [7, 11) is 0. The highest BCUT2D eigenvalue weighted by Crippen LogP contribution is 2.47. The zero-order chi connectivity index (χ0) is 24.8. The fraction of sp³-hybridized carbons (Fsp3) is 0.400. The standard InChI is InChI=1S/C25H25F3N6O/c1-15-8-18(22(32-10-15)21-16(2)4-3-7-29-21)23(35)34-13-17-5-6-24(34,9-17)14-33-20-12-30-19(11-31-20)25(26,27)28/h3-4,7-8,10-12,17H,5-6,9,13-14H2,1-2H3,(H,31,33). The summed E-state index contributed by atoms with van der Waals surface area (Å²) in [5, 5.41) is 3.12. The molecular weight excluding hydrogens is 457 g/mol. The molecule has 4 heterocycles. The molecule has 10 heteroatoms. The lowest BCUT2D eigenvalue weighted by atomic mass is 9.94. The van der Waals surface area contributed by atoms with Gasteiger partial charge in [0, 0.05) is 25.5 Å². The van der Waals surface area contributed by atoms with Gasteiger partial charge >= 0.3 is 6.18 Å². The number of alkyl halides is 3. The second kappa shape index (κ2) is 8.58. The SMILES string of the molecule is Cc1cnc(-c2ncccc2C)c(C(=O)N2CC3CCC2(CNc2cnc(C(F)(F)F)cn2)C3)c1. The summed E-state index contributed by atoms with van der Waals surface area (Å²) < 4.78 is 38.4. The smallest absolute Gasteiger partial charge is 0.366 e. The molecule has 3 aromatic heterocycles. The van der Waals surface area contributed by atoms with Gasteiger partial charge in [0.05, 0.1) is 29.2 Å². The molecule has 1 amide bonds. The van der Waals surface area contributed by atoms with Crippen LogP contribution in [0.2, 0.25) is 0 Å². The lowest BCUT2D eigenvalue weighted by Crippen LogP contribution is -2.52. The van der Waals surface area contributed by atoms with Crippen LogP contribution in [0.15, 0.2) is 43.0 Å². The maximum absolute atomic E-state index is 13.9. The van der Waals surface area contributed by atoms with E-state index in [2.05, 4.69) is 25.3 Å². The highest BCUT2D eigenvalue weighted by Gasteiger charge is 2.52. The van der Waals surface area contributed by atoms with Crippen LogP contribution in [0, 0.1) is 19.8 Å². The molecule has 1 aliphatic carbocycles. The first-order valence-corrected chi connectivity index (χ1v) is 11.5. The van der Waals surface area contributed by atoms with Crippen molar-refractivity contribution >= 4 is 11.7 Å². The largest absolute Gasteiger partial charge is 0.434 e. The zero-order valence-electron chi connectivity index (χ0n) is 19.4. The molecule has 0 spiro atoms. The molecule has 0 aromatic carbocycles. The van der Waals surface area contributed by atoms with Crippen molar-refractivity contribution in [2.24, 2.45) is 5.92 Å². The molecule has 2 atom stereocenters. The van der Waals surface area contributed by atoms with Crippen molar-refractivity contribution in [3.05, 3.63) is 65.4 Å². The van der Waals surface area contributed by atoms with Gasteiger partial charge in [-0.1, -0.05) is 6.07 Å². The van der Waals surface area contributed by atoms with E-state index in [0.29, 0.717) is 36.0 Å². The number of rotatable bonds is 5. The molecule has 5 rings (SSSR count). The van der Waals surface area contributed by atoms with E-state index in [1.165, 1.54) is 0 Å². The average Bonchev–Trinajstić information content (AvgIpc) is 3.42. The van der Waals surface area contributed by atoms with Crippen molar-refractivity contribution in [1.29, 1.82) is 0 Å². The Balaban J connectivity index is 1.42. The first-order chi connectivity index (χ1) is 16.7. The van der Waals surface area contributed by atoms with Crippen LogP contribution in [0.3, 0.4) is 0 Å². The fourth-order valence-corrected chi connectivity index (χ4v) is 5.24. The predicted octanol–water partition coefficient (Wildman–Crippen LogP) is 4.68. The molecular formula is C25H25F3N6O. The number of carbonyl (C=O) groups excluding carboxylic acids is 1. The zero-order valence-corrected chi connectivity index (χ0v) is 19.4. The molecule has 2 aliphatic rings. The minimum absolute atomic E-state index is 0.108. The summed E-state index contributed by atoms with van der Waals surface area (Å²) in [6.07, 6.45) is 3.32. The molecule has 1 saturated heterocycles. The second-order valence-corrected chi connectivity index (χ2v) is 9.46. The van der Waals surface area contributed by atoms with E-state index in [-0.39, 0.29) is 11.7 Å². The third kappa shape index (κ3) is 4.33. The first-order valence-electron chi connectivity index (χ1n) is 11.5. The summed E-state index contributed by atoms with van der Waals surface area (Å²) in [5.74, 6) is 0.526. The Morgan fingerprint density at radius 1 is 1.14 bits per heavy atom. The number of aromatic nitrogens is 4. The Labute approximate surface area is 200 Å². The van der Waals surface area contributed by atoms with Gasteiger partial charge < -0.3 is 10.2 Å². The van der Waals surface area contributed by atoms with E-state index in [1.807, 2.05) is 36.9 Å². The van der Waals surface area contributed by atoms with Crippen LogP contribution >= 0.6 is 0 Å². The average molecular weight is 483 g/mol. The molecule has 1 saturated carbocycles. The summed E-state index contributed by atoms with van der Waals surface area (Å²) in [4.78, 5) is 32.2. The van der Waals surface area contributed by atoms with Crippen molar-refractivity contribution in [1.82, 2.24) is 24.8 Å². The topological polar surface area (TPSA) is 83.9 Å². The normalized spacial score (nSPS) is 21.4. The Bertz CT molecular complexity index is 1260. The number of aryl methyl sites for hydroxylation is 2. The summed E-state index contributed by atoms with van der Waals surface area (Å²) in [5.41, 5.74) is 2.05. The predicted molar refractivity (Wildman–Crippen MR) is 124 cm³/mol. The molecule has 2 unspecified atom stereocenters. The third-order valence-corrected chi connectivity index (χ3v) is 6.97. The number of nitrogens with zero attached hydrogens (tertiary/aromatic N) is 5. The molecule has 3 aromatic rings. The molecule has 7 nitrogen and oxygen atoms in total. The van der Waals surface area contributed by atoms with Crippen molar-refractivity contribution in [3.8, 4) is 11.4 Å². The number of hydrogen-bond acceptors (Lipinski definition) is 6. The van der Waals surface area contributed by atoms with Gasteiger partial charge in [0.25, 0.3) is 5.91 Å². The molecule has 1 N–H and O–H groups in total. The number of carbonyl (C=O) groups is 1. The highest BCUT2D eigenvalue weighted by atomic mass is 19.4. The van der Waals surface area contributed by atoms with E-state index in [4.69, 9.17) is 0 Å². The monoisotopic (exact) mass is 482 g/mol. The lowest BCUT2D eigenvalue weighted by molar-refractivity contribution is -0.141. The van der Waals surface area contributed by atoms with Crippen LogP contribution in [-0.4, -0.2) is 49.4 Å². The van der Waals surface area contributed by atoms with Gasteiger partial charge in [-0.05, 0) is 62.3 Å². The van der Waals surface area contributed by atoms with Crippen molar-refractivity contribution in [3.63, 3.8) is 0 Å². The van der Waals surface area contributed by atoms with Gasteiger partial charge in [-0.15, -0.1) is 0 Å².